The normalized spacial score (nSPS) is 34.2. The lowest BCUT2D eigenvalue weighted by Gasteiger charge is -2.17. The van der Waals surface area contributed by atoms with E-state index in [1.54, 1.807) is 6.92 Å². The van der Waals surface area contributed by atoms with Crippen molar-refractivity contribution in [2.75, 3.05) is 27.4 Å². The molecule has 2 fully saturated rings. The molecule has 96 valence electrons. The molecule has 2 aliphatic rings. The molecule has 1 aliphatic heterocycles. The van der Waals surface area contributed by atoms with Gasteiger partial charge in [-0.2, -0.15) is 0 Å². The Morgan fingerprint density at radius 3 is 1.82 bits per heavy atom. The summed E-state index contributed by atoms with van der Waals surface area (Å²) in [7, 11) is 2.52. The summed E-state index contributed by atoms with van der Waals surface area (Å²) in [5, 5.41) is 0. The van der Waals surface area contributed by atoms with Gasteiger partial charge in [-0.1, -0.05) is 0 Å². The van der Waals surface area contributed by atoms with Crippen LogP contribution < -0.4 is 0 Å². The Morgan fingerprint density at radius 2 is 1.47 bits per heavy atom. The zero-order valence-electron chi connectivity index (χ0n) is 10.1. The number of ether oxygens (including phenoxy) is 4. The van der Waals surface area contributed by atoms with Gasteiger partial charge in [-0.05, 0) is 6.92 Å². The summed E-state index contributed by atoms with van der Waals surface area (Å²) >= 11 is 0. The minimum atomic E-state index is -1.23. The molecule has 0 spiro atoms. The molecular formula is C11H16O6. The maximum atomic E-state index is 11.8. The minimum absolute atomic E-state index is 0.215. The first-order chi connectivity index (χ1) is 8.08. The first-order valence-corrected chi connectivity index (χ1v) is 5.49. The number of fused-ring (bicyclic) bond motifs is 1. The van der Waals surface area contributed by atoms with E-state index in [2.05, 4.69) is 0 Å². The molecule has 1 saturated carbocycles. The lowest BCUT2D eigenvalue weighted by atomic mass is 10.0. The average molecular weight is 244 g/mol. The zero-order chi connectivity index (χ0) is 12.6. The van der Waals surface area contributed by atoms with Gasteiger partial charge in [0.25, 0.3) is 0 Å². The van der Waals surface area contributed by atoms with E-state index in [1.807, 2.05) is 0 Å². The van der Waals surface area contributed by atoms with Gasteiger partial charge in [0.2, 0.25) is 0 Å². The Labute approximate surface area is 99.2 Å². The highest BCUT2D eigenvalue weighted by molar-refractivity contribution is 6.04. The Morgan fingerprint density at radius 1 is 1.06 bits per heavy atom. The second-order valence-electron chi connectivity index (χ2n) is 4.30. The molecule has 0 aromatic rings. The molecule has 2 unspecified atom stereocenters. The number of hydrogen-bond donors (Lipinski definition) is 0. The predicted molar refractivity (Wildman–Crippen MR) is 54.8 cm³/mol. The maximum Gasteiger partial charge on any atom is 0.324 e. The number of carbonyl (C=O) groups is 2. The monoisotopic (exact) mass is 244 g/mol. The molecule has 0 aromatic heterocycles. The lowest BCUT2D eigenvalue weighted by Crippen LogP contribution is -2.34. The third-order valence-corrected chi connectivity index (χ3v) is 3.61. The van der Waals surface area contributed by atoms with E-state index in [0.717, 1.165) is 0 Å². The average Bonchev–Trinajstić information content (AvgIpc) is 3.03. The van der Waals surface area contributed by atoms with Crippen LogP contribution in [0.1, 0.15) is 6.92 Å². The number of carbonyl (C=O) groups excluding carboxylic acids is 2. The van der Waals surface area contributed by atoms with Crippen molar-refractivity contribution in [3.05, 3.63) is 0 Å². The van der Waals surface area contributed by atoms with Crippen LogP contribution in [0, 0.1) is 17.3 Å². The zero-order valence-corrected chi connectivity index (χ0v) is 10.1. The molecule has 1 heterocycles. The van der Waals surface area contributed by atoms with Crippen molar-refractivity contribution in [2.24, 2.45) is 17.3 Å². The van der Waals surface area contributed by atoms with Gasteiger partial charge >= 0.3 is 11.9 Å². The summed E-state index contributed by atoms with van der Waals surface area (Å²) in [4.78, 5) is 23.6. The molecule has 0 amide bonds. The smallest absolute Gasteiger partial charge is 0.324 e. The summed E-state index contributed by atoms with van der Waals surface area (Å²) in [6.45, 7) is 2.38. The van der Waals surface area contributed by atoms with E-state index in [4.69, 9.17) is 18.9 Å². The van der Waals surface area contributed by atoms with Crippen LogP contribution in [0.25, 0.3) is 0 Å². The first kappa shape index (κ1) is 12.3. The Hall–Kier alpha value is -1.14. The summed E-state index contributed by atoms with van der Waals surface area (Å²) in [5.41, 5.74) is -1.23. The molecule has 2 rings (SSSR count). The lowest BCUT2D eigenvalue weighted by molar-refractivity contribution is -0.170. The highest BCUT2D eigenvalue weighted by Crippen LogP contribution is 2.61. The third-order valence-electron chi connectivity index (χ3n) is 3.61. The van der Waals surface area contributed by atoms with Gasteiger partial charge in [0, 0.05) is 11.8 Å². The second-order valence-corrected chi connectivity index (χ2v) is 4.30. The van der Waals surface area contributed by atoms with E-state index in [-0.39, 0.29) is 18.1 Å². The molecule has 6 nitrogen and oxygen atoms in total. The molecule has 1 aliphatic carbocycles. The van der Waals surface area contributed by atoms with Crippen LogP contribution in [0.3, 0.4) is 0 Å². The summed E-state index contributed by atoms with van der Waals surface area (Å²) in [6, 6.07) is 0. The number of hydrogen-bond acceptors (Lipinski definition) is 6. The van der Waals surface area contributed by atoms with Crippen LogP contribution in [0.15, 0.2) is 0 Å². The largest absolute Gasteiger partial charge is 0.468 e. The molecule has 17 heavy (non-hydrogen) atoms. The van der Waals surface area contributed by atoms with Gasteiger partial charge in [-0.3, -0.25) is 9.59 Å². The first-order valence-electron chi connectivity index (χ1n) is 5.49. The Balaban J connectivity index is 2.22. The molecule has 1 saturated heterocycles. The van der Waals surface area contributed by atoms with E-state index in [9.17, 15) is 9.59 Å². The Bertz CT molecular complexity index is 307. The number of esters is 2. The summed E-state index contributed by atoms with van der Waals surface area (Å²) < 4.78 is 20.1. The standard InChI is InChI=1S/C11H16O6/c1-6-16-4-7-8(5-17-6)11(7,9(12)14-2)10(13)15-3/h6-8H,4-5H2,1-3H3. The molecule has 0 radical (unpaired) electrons. The summed E-state index contributed by atoms with van der Waals surface area (Å²) in [5.74, 6) is -1.57. The maximum absolute atomic E-state index is 11.8. The SMILES string of the molecule is COC(=O)C1(C(=O)OC)C2COC(C)OCC21. The minimum Gasteiger partial charge on any atom is -0.468 e. The van der Waals surface area contributed by atoms with Crippen LogP contribution in [-0.4, -0.2) is 45.7 Å². The van der Waals surface area contributed by atoms with E-state index in [1.165, 1.54) is 14.2 Å². The van der Waals surface area contributed by atoms with Crippen LogP contribution in [-0.2, 0) is 28.5 Å². The molecule has 2 atom stereocenters. The van der Waals surface area contributed by atoms with Crippen molar-refractivity contribution in [3.63, 3.8) is 0 Å². The highest BCUT2D eigenvalue weighted by Gasteiger charge is 2.76. The van der Waals surface area contributed by atoms with Crippen LogP contribution in [0.5, 0.6) is 0 Å². The Kier molecular flexibility index (Phi) is 3.09. The van der Waals surface area contributed by atoms with Crippen molar-refractivity contribution in [1.29, 1.82) is 0 Å². The number of methoxy groups -OCH3 is 2. The van der Waals surface area contributed by atoms with Crippen LogP contribution in [0.4, 0.5) is 0 Å². The van der Waals surface area contributed by atoms with Gasteiger partial charge in [0.1, 0.15) is 0 Å². The van der Waals surface area contributed by atoms with Gasteiger partial charge in [0.15, 0.2) is 11.7 Å². The van der Waals surface area contributed by atoms with Crippen LogP contribution >= 0.6 is 0 Å². The van der Waals surface area contributed by atoms with Crippen molar-refractivity contribution in [2.45, 2.75) is 13.2 Å². The van der Waals surface area contributed by atoms with E-state index in [0.29, 0.717) is 13.2 Å². The van der Waals surface area contributed by atoms with Gasteiger partial charge < -0.3 is 18.9 Å². The molecule has 0 aromatic carbocycles. The van der Waals surface area contributed by atoms with Crippen molar-refractivity contribution < 1.29 is 28.5 Å². The second kappa shape index (κ2) is 4.27. The quantitative estimate of drug-likeness (QED) is 0.501. The fourth-order valence-corrected chi connectivity index (χ4v) is 2.59. The predicted octanol–water partition coefficient (Wildman–Crippen LogP) is -0.0424. The molecule has 6 heteroatoms. The van der Waals surface area contributed by atoms with Crippen molar-refractivity contribution in [3.8, 4) is 0 Å². The topological polar surface area (TPSA) is 71.1 Å². The van der Waals surface area contributed by atoms with E-state index >= 15 is 0 Å². The molecule has 0 N–H and O–H groups in total. The van der Waals surface area contributed by atoms with Gasteiger partial charge in [0.05, 0.1) is 27.4 Å². The van der Waals surface area contributed by atoms with Crippen LogP contribution in [0.2, 0.25) is 0 Å². The molecule has 0 bridgehead atoms. The molecular weight excluding hydrogens is 228 g/mol. The number of rotatable bonds is 2. The van der Waals surface area contributed by atoms with Crippen molar-refractivity contribution in [1.82, 2.24) is 0 Å². The summed E-state index contributed by atoms with van der Waals surface area (Å²) in [6.07, 6.45) is -0.309. The fraction of sp³-hybridized carbons (Fsp3) is 0.818. The van der Waals surface area contributed by atoms with Gasteiger partial charge in [-0.15, -0.1) is 0 Å². The van der Waals surface area contributed by atoms with Crippen molar-refractivity contribution >= 4 is 11.9 Å². The fourth-order valence-electron chi connectivity index (χ4n) is 2.59. The van der Waals surface area contributed by atoms with Gasteiger partial charge in [-0.25, -0.2) is 0 Å². The third kappa shape index (κ3) is 1.63. The highest BCUT2D eigenvalue weighted by atomic mass is 16.7. The van der Waals surface area contributed by atoms with E-state index < -0.39 is 17.4 Å².